The third-order valence-corrected chi connectivity index (χ3v) is 3.55. The van der Waals surface area contributed by atoms with Crippen molar-refractivity contribution < 1.29 is 18.7 Å². The van der Waals surface area contributed by atoms with Crippen LogP contribution in [0.2, 0.25) is 0 Å². The van der Waals surface area contributed by atoms with Crippen molar-refractivity contribution in [3.63, 3.8) is 0 Å². The maximum atomic E-state index is 12.9. The molecule has 4 heteroatoms. The highest BCUT2D eigenvalue weighted by atomic mass is 19.1. The summed E-state index contributed by atoms with van der Waals surface area (Å²) < 4.78 is 18.0. The second-order valence-corrected chi connectivity index (χ2v) is 4.80. The van der Waals surface area contributed by atoms with Crippen LogP contribution in [-0.2, 0) is 14.3 Å². The van der Waals surface area contributed by atoms with Gasteiger partial charge in [-0.2, -0.15) is 0 Å². The lowest BCUT2D eigenvalue weighted by molar-refractivity contribution is -0.150. The topological polar surface area (TPSA) is 43.4 Å². The maximum Gasteiger partial charge on any atom is 0.309 e. The molecule has 0 aromatic heterocycles. The zero-order chi connectivity index (χ0) is 13.8. The Kier molecular flexibility index (Phi) is 4.30. The van der Waals surface area contributed by atoms with E-state index in [1.54, 1.807) is 19.1 Å². The van der Waals surface area contributed by atoms with Crippen LogP contribution in [0.15, 0.2) is 24.3 Å². The van der Waals surface area contributed by atoms with E-state index in [4.69, 9.17) is 4.74 Å². The van der Waals surface area contributed by atoms with Crippen molar-refractivity contribution in [3.8, 4) is 0 Å². The van der Waals surface area contributed by atoms with E-state index in [0.717, 1.165) is 5.56 Å². The van der Waals surface area contributed by atoms with Crippen LogP contribution in [0.1, 0.15) is 37.7 Å². The molecule has 19 heavy (non-hydrogen) atoms. The molecule has 1 aromatic carbocycles. The Balaban J connectivity index is 2.23. The first-order chi connectivity index (χ1) is 9.11. The lowest BCUT2D eigenvalue weighted by Gasteiger charge is -2.29. The second kappa shape index (κ2) is 5.95. The summed E-state index contributed by atoms with van der Waals surface area (Å²) in [6.45, 7) is 2.10. The summed E-state index contributed by atoms with van der Waals surface area (Å²) in [5.74, 6) is -0.929. The van der Waals surface area contributed by atoms with Gasteiger partial charge in [-0.1, -0.05) is 12.1 Å². The van der Waals surface area contributed by atoms with E-state index in [1.807, 2.05) is 0 Å². The number of carbonyl (C=O) groups is 2. The smallest absolute Gasteiger partial charge is 0.309 e. The summed E-state index contributed by atoms with van der Waals surface area (Å²) in [6, 6.07) is 6.00. The first-order valence-corrected chi connectivity index (χ1v) is 6.55. The van der Waals surface area contributed by atoms with Gasteiger partial charge in [0.05, 0.1) is 12.5 Å². The number of hydrogen-bond donors (Lipinski definition) is 0. The van der Waals surface area contributed by atoms with E-state index in [9.17, 15) is 14.0 Å². The number of ether oxygens (including phenoxy) is 1. The third-order valence-electron chi connectivity index (χ3n) is 3.55. The SMILES string of the molecule is CCOC(=O)[C@@H]1CCC(=O)C[C@H]1c1ccc(F)cc1. The van der Waals surface area contributed by atoms with E-state index in [2.05, 4.69) is 0 Å². The van der Waals surface area contributed by atoms with Gasteiger partial charge in [0.25, 0.3) is 0 Å². The maximum absolute atomic E-state index is 12.9. The average Bonchev–Trinajstić information content (AvgIpc) is 2.39. The van der Waals surface area contributed by atoms with Crippen LogP contribution in [0.3, 0.4) is 0 Å². The number of Topliss-reactive ketones (excluding diaryl/α,β-unsaturated/α-hetero) is 1. The molecule has 3 nitrogen and oxygen atoms in total. The molecule has 0 bridgehead atoms. The Hall–Kier alpha value is -1.71. The number of carbonyl (C=O) groups excluding carboxylic acids is 2. The summed E-state index contributed by atoms with van der Waals surface area (Å²) in [4.78, 5) is 23.6. The van der Waals surface area contributed by atoms with Crippen LogP contribution in [-0.4, -0.2) is 18.4 Å². The average molecular weight is 264 g/mol. The molecule has 0 heterocycles. The fraction of sp³-hybridized carbons (Fsp3) is 0.467. The van der Waals surface area contributed by atoms with Crippen molar-refractivity contribution in [2.75, 3.05) is 6.61 Å². The van der Waals surface area contributed by atoms with Gasteiger partial charge >= 0.3 is 5.97 Å². The molecule has 1 aliphatic rings. The summed E-state index contributed by atoms with van der Waals surface area (Å²) in [5.41, 5.74) is 0.826. The van der Waals surface area contributed by atoms with Gasteiger partial charge in [0.2, 0.25) is 0 Å². The molecule has 0 aliphatic heterocycles. The van der Waals surface area contributed by atoms with Gasteiger partial charge in [0.15, 0.2) is 0 Å². The van der Waals surface area contributed by atoms with E-state index in [0.29, 0.717) is 25.9 Å². The molecule has 1 fully saturated rings. The molecule has 1 saturated carbocycles. The molecule has 0 spiro atoms. The Labute approximate surface area is 111 Å². The van der Waals surface area contributed by atoms with Gasteiger partial charge in [-0.15, -0.1) is 0 Å². The van der Waals surface area contributed by atoms with Crippen LogP contribution in [0.25, 0.3) is 0 Å². The number of rotatable bonds is 3. The highest BCUT2D eigenvalue weighted by Gasteiger charge is 2.36. The molecule has 0 radical (unpaired) electrons. The number of ketones is 1. The Morgan fingerprint density at radius 1 is 1.37 bits per heavy atom. The first kappa shape index (κ1) is 13.7. The molecule has 0 unspecified atom stereocenters. The van der Waals surface area contributed by atoms with Crippen molar-refractivity contribution in [2.45, 2.75) is 32.1 Å². The Bertz CT molecular complexity index is 467. The molecule has 0 N–H and O–H groups in total. The van der Waals surface area contributed by atoms with Gasteiger partial charge in [-0.25, -0.2) is 4.39 Å². The van der Waals surface area contributed by atoms with Gasteiger partial charge in [0.1, 0.15) is 11.6 Å². The van der Waals surface area contributed by atoms with Gasteiger partial charge in [0, 0.05) is 18.8 Å². The molecular formula is C15H17FO3. The van der Waals surface area contributed by atoms with Crippen molar-refractivity contribution in [1.82, 2.24) is 0 Å². The number of esters is 1. The molecule has 2 atom stereocenters. The zero-order valence-electron chi connectivity index (χ0n) is 10.9. The number of benzene rings is 1. The molecule has 0 saturated heterocycles. The fourth-order valence-corrected chi connectivity index (χ4v) is 2.60. The zero-order valence-corrected chi connectivity index (χ0v) is 10.9. The van der Waals surface area contributed by atoms with Crippen LogP contribution in [0.4, 0.5) is 4.39 Å². The number of halogens is 1. The molecule has 1 aromatic rings. The van der Waals surface area contributed by atoms with Crippen LogP contribution < -0.4 is 0 Å². The first-order valence-electron chi connectivity index (χ1n) is 6.55. The Morgan fingerprint density at radius 2 is 2.05 bits per heavy atom. The minimum atomic E-state index is -0.321. The fourth-order valence-electron chi connectivity index (χ4n) is 2.60. The van der Waals surface area contributed by atoms with Crippen molar-refractivity contribution in [3.05, 3.63) is 35.6 Å². The van der Waals surface area contributed by atoms with Crippen LogP contribution in [0.5, 0.6) is 0 Å². The second-order valence-electron chi connectivity index (χ2n) is 4.80. The molecule has 0 amide bonds. The summed E-state index contributed by atoms with van der Waals surface area (Å²) in [6.07, 6.45) is 1.26. The van der Waals surface area contributed by atoms with Crippen molar-refractivity contribution >= 4 is 11.8 Å². The quantitative estimate of drug-likeness (QED) is 0.788. The van der Waals surface area contributed by atoms with Gasteiger partial charge < -0.3 is 4.74 Å². The molecular weight excluding hydrogens is 247 g/mol. The minimum absolute atomic E-state index is 0.148. The Morgan fingerprint density at radius 3 is 2.68 bits per heavy atom. The van der Waals surface area contributed by atoms with Crippen LogP contribution >= 0.6 is 0 Å². The summed E-state index contributed by atoms with van der Waals surface area (Å²) in [5, 5.41) is 0. The van der Waals surface area contributed by atoms with Gasteiger partial charge in [-0.05, 0) is 31.0 Å². The molecule has 1 aliphatic carbocycles. The van der Waals surface area contributed by atoms with E-state index in [-0.39, 0.29) is 29.4 Å². The predicted octanol–water partition coefficient (Wildman–Crippen LogP) is 2.84. The monoisotopic (exact) mass is 264 g/mol. The normalized spacial score (nSPS) is 23.2. The van der Waals surface area contributed by atoms with Crippen LogP contribution in [0, 0.1) is 11.7 Å². The lowest BCUT2D eigenvalue weighted by Crippen LogP contribution is -2.30. The summed E-state index contributed by atoms with van der Waals surface area (Å²) in [7, 11) is 0. The van der Waals surface area contributed by atoms with E-state index >= 15 is 0 Å². The van der Waals surface area contributed by atoms with Crippen molar-refractivity contribution in [1.29, 1.82) is 0 Å². The van der Waals surface area contributed by atoms with Gasteiger partial charge in [-0.3, -0.25) is 9.59 Å². The van der Waals surface area contributed by atoms with E-state index in [1.165, 1.54) is 12.1 Å². The van der Waals surface area contributed by atoms with Crippen molar-refractivity contribution in [2.24, 2.45) is 5.92 Å². The highest BCUT2D eigenvalue weighted by molar-refractivity contribution is 5.84. The lowest BCUT2D eigenvalue weighted by atomic mass is 9.75. The summed E-state index contributed by atoms with van der Waals surface area (Å²) >= 11 is 0. The standard InChI is InChI=1S/C15H17FO3/c1-2-19-15(18)13-8-7-12(17)9-14(13)10-3-5-11(16)6-4-10/h3-6,13-14H,2,7-9H2,1H3/t13-,14+/m1/s1. The predicted molar refractivity (Wildman–Crippen MR) is 68.1 cm³/mol. The highest BCUT2D eigenvalue weighted by Crippen LogP contribution is 2.37. The largest absolute Gasteiger partial charge is 0.466 e. The van der Waals surface area contributed by atoms with E-state index < -0.39 is 0 Å². The molecule has 2 rings (SSSR count). The number of hydrogen-bond acceptors (Lipinski definition) is 3. The minimum Gasteiger partial charge on any atom is -0.466 e. The third kappa shape index (κ3) is 3.19. The molecule has 102 valence electrons.